The first-order chi connectivity index (χ1) is 11.6. The second kappa shape index (κ2) is 5.38. The molecule has 0 spiro atoms. The Morgan fingerprint density at radius 2 is 2.04 bits per heavy atom. The number of aromatic amines is 1. The lowest BCUT2D eigenvalue weighted by Gasteiger charge is -2.12. The quantitative estimate of drug-likeness (QED) is 0.568. The molecule has 0 saturated carbocycles. The number of hydrogen-bond donors (Lipinski definition) is 2. The van der Waals surface area contributed by atoms with Crippen LogP contribution in [0.4, 0.5) is 5.82 Å². The van der Waals surface area contributed by atoms with E-state index in [9.17, 15) is 0 Å². The Morgan fingerprint density at radius 3 is 2.71 bits per heavy atom. The van der Waals surface area contributed by atoms with Crippen molar-refractivity contribution in [2.75, 3.05) is 11.9 Å². The fourth-order valence-corrected chi connectivity index (χ4v) is 3.00. The highest BCUT2D eigenvalue weighted by molar-refractivity contribution is 6.20. The summed E-state index contributed by atoms with van der Waals surface area (Å²) in [7, 11) is 9.66. The zero-order valence-corrected chi connectivity index (χ0v) is 13.6. The van der Waals surface area contributed by atoms with Crippen LogP contribution in [0.2, 0.25) is 0 Å². The molecule has 0 fully saturated rings. The Kier molecular flexibility index (Phi) is 3.31. The fourth-order valence-electron chi connectivity index (χ4n) is 3.00. The summed E-state index contributed by atoms with van der Waals surface area (Å²) < 4.78 is 1.99. The average molecular weight is 316 g/mol. The number of fused-ring (bicyclic) bond motifs is 3. The van der Waals surface area contributed by atoms with Gasteiger partial charge in [0.25, 0.3) is 0 Å². The molecule has 3 N–H and O–H groups in total. The monoisotopic (exact) mass is 316 g/mol. The maximum Gasteiger partial charge on any atom is 0.228 e. The van der Waals surface area contributed by atoms with Crippen molar-refractivity contribution >= 4 is 35.9 Å². The van der Waals surface area contributed by atoms with E-state index in [0.29, 0.717) is 12.4 Å². The van der Waals surface area contributed by atoms with Crippen LogP contribution in [0, 0.1) is 0 Å². The van der Waals surface area contributed by atoms with Crippen LogP contribution in [-0.2, 0) is 13.6 Å². The number of aryl methyl sites for hydroxylation is 1. The van der Waals surface area contributed by atoms with Crippen LogP contribution in [0.25, 0.3) is 33.3 Å². The number of rotatable bonds is 3. The third-order valence-corrected chi connectivity index (χ3v) is 4.25. The molecule has 0 aliphatic carbocycles. The highest BCUT2D eigenvalue weighted by Gasteiger charge is 2.16. The molecule has 3 heterocycles. The lowest BCUT2D eigenvalue weighted by molar-refractivity contribution is 0.951. The maximum atomic E-state index is 5.93. The summed E-state index contributed by atoms with van der Waals surface area (Å²) in [5, 5.41) is 1.02. The number of imidazole rings is 1. The molecule has 0 saturated heterocycles. The van der Waals surface area contributed by atoms with Crippen molar-refractivity contribution in [2.24, 2.45) is 12.8 Å². The largest absolute Gasteiger partial charge is 0.411 e. The summed E-state index contributed by atoms with van der Waals surface area (Å²) in [6, 6.07) is 10.3. The van der Waals surface area contributed by atoms with E-state index in [-0.39, 0.29) is 0 Å². The molecule has 2 radical (unpaired) electrons. The van der Waals surface area contributed by atoms with E-state index in [1.54, 1.807) is 13.4 Å². The summed E-state index contributed by atoms with van der Waals surface area (Å²) in [4.78, 5) is 14.0. The van der Waals surface area contributed by atoms with Crippen molar-refractivity contribution in [1.82, 2.24) is 19.5 Å². The van der Waals surface area contributed by atoms with E-state index in [2.05, 4.69) is 33.2 Å². The molecular formula is C17H17BN6. The van der Waals surface area contributed by atoms with Crippen LogP contribution in [0.3, 0.4) is 0 Å². The van der Waals surface area contributed by atoms with Crippen molar-refractivity contribution < 1.29 is 0 Å². The van der Waals surface area contributed by atoms with E-state index >= 15 is 0 Å². The molecule has 118 valence electrons. The SMILES string of the molecule is [B]N(C)c1nc2[nH]c(-c3ccc(CN)cc3)cc2c2c1ncn2C. The van der Waals surface area contributed by atoms with Gasteiger partial charge in [0.05, 0.1) is 11.8 Å². The summed E-state index contributed by atoms with van der Waals surface area (Å²) in [6.45, 7) is 0.538. The van der Waals surface area contributed by atoms with Gasteiger partial charge in [0.1, 0.15) is 17.0 Å². The molecular weight excluding hydrogens is 299 g/mol. The Balaban J connectivity index is 1.97. The average Bonchev–Trinajstić information content (AvgIpc) is 3.17. The summed E-state index contributed by atoms with van der Waals surface area (Å²) in [5.74, 6) is 0.643. The van der Waals surface area contributed by atoms with Gasteiger partial charge in [-0.1, -0.05) is 24.3 Å². The molecule has 0 unspecified atom stereocenters. The number of nitrogens with zero attached hydrogens (tertiary/aromatic N) is 4. The molecule has 0 aliphatic rings. The molecule has 4 rings (SSSR count). The summed E-state index contributed by atoms with van der Waals surface area (Å²) in [6.07, 6.45) is 1.78. The van der Waals surface area contributed by atoms with Gasteiger partial charge in [-0.25, -0.2) is 9.97 Å². The Morgan fingerprint density at radius 1 is 1.29 bits per heavy atom. The van der Waals surface area contributed by atoms with E-state index in [4.69, 9.17) is 13.7 Å². The summed E-state index contributed by atoms with van der Waals surface area (Å²) in [5.41, 5.74) is 11.4. The molecule has 1 aromatic carbocycles. The fraction of sp³-hybridized carbons (Fsp3) is 0.176. The molecule has 0 aliphatic heterocycles. The van der Waals surface area contributed by atoms with E-state index in [1.807, 2.05) is 23.7 Å². The molecule has 3 aromatic heterocycles. The lowest BCUT2D eigenvalue weighted by Crippen LogP contribution is -2.13. The molecule has 0 atom stereocenters. The highest BCUT2D eigenvalue weighted by atomic mass is 15.1. The van der Waals surface area contributed by atoms with Crippen LogP contribution in [0.15, 0.2) is 36.7 Å². The van der Waals surface area contributed by atoms with Gasteiger partial charge in [0.15, 0.2) is 0 Å². The maximum absolute atomic E-state index is 5.93. The first-order valence-corrected chi connectivity index (χ1v) is 7.70. The number of H-pyrrole nitrogens is 1. The first kappa shape index (κ1) is 14.8. The Labute approximate surface area is 140 Å². The van der Waals surface area contributed by atoms with Crippen LogP contribution in [0.5, 0.6) is 0 Å². The number of nitrogens with two attached hydrogens (primary N) is 1. The van der Waals surface area contributed by atoms with Gasteiger partial charge in [-0.2, -0.15) is 0 Å². The normalized spacial score (nSPS) is 11.5. The standard InChI is InChI=1S/C17H17BN6/c1-23-9-20-14-15(23)12-7-13(11-5-3-10(8-19)4-6-11)21-16(12)22-17(14)24(2)18/h3-7,9H,8,19H2,1-2H3,(H,21,22). The minimum atomic E-state index is 0.538. The van der Waals surface area contributed by atoms with Gasteiger partial charge in [-0.15, -0.1) is 0 Å². The predicted molar refractivity (Wildman–Crippen MR) is 97.9 cm³/mol. The van der Waals surface area contributed by atoms with E-state index in [1.165, 1.54) is 4.81 Å². The molecule has 7 heteroatoms. The zero-order valence-electron chi connectivity index (χ0n) is 13.6. The molecule has 6 nitrogen and oxygen atoms in total. The predicted octanol–water partition coefficient (Wildman–Crippen LogP) is 2.09. The number of pyridine rings is 1. The van der Waals surface area contributed by atoms with Gasteiger partial charge in [0, 0.05) is 24.7 Å². The summed E-state index contributed by atoms with van der Waals surface area (Å²) >= 11 is 0. The number of nitrogens with one attached hydrogen (secondary N) is 1. The Hall–Kier alpha value is -2.80. The van der Waals surface area contributed by atoms with Crippen molar-refractivity contribution in [3.05, 3.63) is 42.2 Å². The van der Waals surface area contributed by atoms with Crippen molar-refractivity contribution in [3.63, 3.8) is 0 Å². The molecule has 0 bridgehead atoms. The van der Waals surface area contributed by atoms with Crippen molar-refractivity contribution in [2.45, 2.75) is 6.54 Å². The number of anilines is 1. The molecule has 24 heavy (non-hydrogen) atoms. The first-order valence-electron chi connectivity index (χ1n) is 7.70. The third kappa shape index (κ3) is 2.17. The van der Waals surface area contributed by atoms with E-state index < -0.39 is 0 Å². The number of aromatic nitrogens is 4. The second-order valence-corrected chi connectivity index (χ2v) is 5.95. The van der Waals surface area contributed by atoms with Crippen LogP contribution in [0.1, 0.15) is 5.56 Å². The van der Waals surface area contributed by atoms with E-state index in [0.717, 1.165) is 38.9 Å². The van der Waals surface area contributed by atoms with Crippen LogP contribution < -0.4 is 10.5 Å². The Bertz CT molecular complexity index is 1030. The number of benzene rings is 1. The topological polar surface area (TPSA) is 75.8 Å². The molecule has 4 aromatic rings. The van der Waals surface area contributed by atoms with Gasteiger partial charge in [-0.3, -0.25) is 0 Å². The zero-order chi connectivity index (χ0) is 16.8. The third-order valence-electron chi connectivity index (χ3n) is 4.25. The van der Waals surface area contributed by atoms with Gasteiger partial charge in [0.2, 0.25) is 7.98 Å². The van der Waals surface area contributed by atoms with Crippen LogP contribution in [-0.4, -0.2) is 34.5 Å². The minimum absolute atomic E-state index is 0.538. The highest BCUT2D eigenvalue weighted by Crippen LogP contribution is 2.32. The van der Waals surface area contributed by atoms with Gasteiger partial charge in [-0.05, 0) is 24.2 Å². The lowest BCUT2D eigenvalue weighted by atomic mass is 10.1. The molecule has 0 amide bonds. The van der Waals surface area contributed by atoms with Crippen LogP contribution >= 0.6 is 0 Å². The number of hydrogen-bond acceptors (Lipinski definition) is 4. The van der Waals surface area contributed by atoms with Crippen molar-refractivity contribution in [1.29, 1.82) is 0 Å². The second-order valence-electron chi connectivity index (χ2n) is 5.95. The minimum Gasteiger partial charge on any atom is -0.411 e. The van der Waals surface area contributed by atoms with Gasteiger partial charge >= 0.3 is 0 Å². The van der Waals surface area contributed by atoms with Crippen molar-refractivity contribution in [3.8, 4) is 11.3 Å². The smallest absolute Gasteiger partial charge is 0.228 e. The van der Waals surface area contributed by atoms with Gasteiger partial charge < -0.3 is 20.1 Å².